The lowest BCUT2D eigenvalue weighted by Crippen LogP contribution is -2.56. The first kappa shape index (κ1) is 18.7. The van der Waals surface area contributed by atoms with Crippen molar-refractivity contribution in [1.29, 1.82) is 5.26 Å². The van der Waals surface area contributed by atoms with Crippen LogP contribution in [-0.4, -0.2) is 59.4 Å². The van der Waals surface area contributed by atoms with Gasteiger partial charge in [-0.1, -0.05) is 19.3 Å². The van der Waals surface area contributed by atoms with Crippen LogP contribution in [0.3, 0.4) is 0 Å². The number of rotatable bonds is 4. The lowest BCUT2D eigenvalue weighted by molar-refractivity contribution is -0.132. The number of likely N-dealkylation sites (tertiary alicyclic amines) is 1. The van der Waals surface area contributed by atoms with E-state index in [9.17, 15) is 14.9 Å². The van der Waals surface area contributed by atoms with Crippen LogP contribution in [0.25, 0.3) is 0 Å². The summed E-state index contributed by atoms with van der Waals surface area (Å²) in [4.78, 5) is 28.1. The molecule has 1 heterocycles. The van der Waals surface area contributed by atoms with E-state index in [1.54, 1.807) is 11.8 Å². The minimum absolute atomic E-state index is 0.0446. The van der Waals surface area contributed by atoms with Gasteiger partial charge in [-0.25, -0.2) is 0 Å². The first-order valence-electron chi connectivity index (χ1n) is 9.09. The fourth-order valence-corrected chi connectivity index (χ4v) is 3.84. The highest BCUT2D eigenvalue weighted by atomic mass is 16.2. The summed E-state index contributed by atoms with van der Waals surface area (Å²) in [6, 6.07) is 2.37. The third-order valence-corrected chi connectivity index (χ3v) is 5.75. The molecule has 24 heavy (non-hydrogen) atoms. The summed E-state index contributed by atoms with van der Waals surface area (Å²) in [7, 11) is 1.85. The number of piperidine rings is 1. The minimum atomic E-state index is -0.670. The Morgan fingerprint density at radius 2 is 1.83 bits per heavy atom. The van der Waals surface area contributed by atoms with Crippen LogP contribution in [0.1, 0.15) is 58.8 Å². The smallest absolute Gasteiger partial charge is 0.238 e. The van der Waals surface area contributed by atoms with Crippen LogP contribution in [0.4, 0.5) is 0 Å². The standard InChI is InChI=1S/C18H30N4O2/c1-14(17(24)20-18(13-19)9-5-4-6-10-18)22-11-7-16(8-12-22)21(3)15(2)23/h14,16H,4-12H2,1-3H3,(H,20,24). The van der Waals surface area contributed by atoms with Gasteiger partial charge in [-0.3, -0.25) is 14.5 Å². The maximum atomic E-state index is 12.6. The Morgan fingerprint density at radius 1 is 1.25 bits per heavy atom. The summed E-state index contributed by atoms with van der Waals surface area (Å²) >= 11 is 0. The number of nitrogens with one attached hydrogen (secondary N) is 1. The molecule has 6 heteroatoms. The maximum Gasteiger partial charge on any atom is 0.238 e. The molecule has 0 aromatic rings. The molecule has 0 aromatic carbocycles. The summed E-state index contributed by atoms with van der Waals surface area (Å²) in [6.45, 7) is 5.11. The molecule has 2 aliphatic rings. The highest BCUT2D eigenvalue weighted by Crippen LogP contribution is 2.28. The molecular formula is C18H30N4O2. The van der Waals surface area contributed by atoms with Crippen LogP contribution in [0, 0.1) is 11.3 Å². The number of nitrogens with zero attached hydrogens (tertiary/aromatic N) is 3. The fourth-order valence-electron chi connectivity index (χ4n) is 3.84. The Morgan fingerprint density at radius 3 is 2.33 bits per heavy atom. The number of carbonyl (C=O) groups is 2. The molecule has 1 N–H and O–H groups in total. The fraction of sp³-hybridized carbons (Fsp3) is 0.833. The summed E-state index contributed by atoms with van der Waals surface area (Å²) in [6.07, 6.45) is 6.44. The van der Waals surface area contributed by atoms with Crippen molar-refractivity contribution in [3.63, 3.8) is 0 Å². The van der Waals surface area contributed by atoms with E-state index >= 15 is 0 Å². The van der Waals surface area contributed by atoms with Crippen molar-refractivity contribution in [3.05, 3.63) is 0 Å². The molecule has 134 valence electrons. The molecule has 1 unspecified atom stereocenters. The molecular weight excluding hydrogens is 304 g/mol. The van der Waals surface area contributed by atoms with E-state index < -0.39 is 5.54 Å². The van der Waals surface area contributed by atoms with Crippen molar-refractivity contribution in [3.8, 4) is 6.07 Å². The third kappa shape index (κ3) is 4.27. The molecule has 1 saturated carbocycles. The normalized spacial score (nSPS) is 23.1. The van der Waals surface area contributed by atoms with E-state index in [2.05, 4.69) is 16.3 Å². The van der Waals surface area contributed by atoms with Gasteiger partial charge in [0.15, 0.2) is 0 Å². The van der Waals surface area contributed by atoms with Gasteiger partial charge in [0.25, 0.3) is 0 Å². The molecule has 0 spiro atoms. The Labute approximate surface area is 145 Å². The molecule has 0 bridgehead atoms. The molecule has 2 rings (SSSR count). The Hall–Kier alpha value is -1.61. The second-order valence-electron chi connectivity index (χ2n) is 7.32. The number of carbonyl (C=O) groups excluding carboxylic acids is 2. The Bertz CT molecular complexity index is 500. The monoisotopic (exact) mass is 334 g/mol. The number of nitriles is 1. The molecule has 6 nitrogen and oxygen atoms in total. The van der Waals surface area contributed by atoms with Gasteiger partial charge in [0.1, 0.15) is 5.54 Å². The van der Waals surface area contributed by atoms with Gasteiger partial charge >= 0.3 is 0 Å². The van der Waals surface area contributed by atoms with Gasteiger partial charge in [-0.2, -0.15) is 5.26 Å². The van der Waals surface area contributed by atoms with E-state index in [0.29, 0.717) is 0 Å². The van der Waals surface area contributed by atoms with Crippen molar-refractivity contribution < 1.29 is 9.59 Å². The predicted molar refractivity (Wildman–Crippen MR) is 92.1 cm³/mol. The van der Waals surface area contributed by atoms with E-state index in [0.717, 1.165) is 58.0 Å². The summed E-state index contributed by atoms with van der Waals surface area (Å²) in [5.74, 6) is 0.0457. The highest BCUT2D eigenvalue weighted by molar-refractivity contribution is 5.82. The number of hydrogen-bond acceptors (Lipinski definition) is 4. The SMILES string of the molecule is CC(=O)N(C)C1CCN(C(C)C(=O)NC2(C#N)CCCCC2)CC1. The van der Waals surface area contributed by atoms with E-state index in [1.807, 2.05) is 14.0 Å². The average molecular weight is 334 g/mol. The zero-order valence-electron chi connectivity index (χ0n) is 15.2. The predicted octanol–water partition coefficient (Wildman–Crippen LogP) is 1.66. The molecule has 1 atom stereocenters. The van der Waals surface area contributed by atoms with Gasteiger partial charge in [-0.05, 0) is 32.6 Å². The van der Waals surface area contributed by atoms with Gasteiger partial charge in [0, 0.05) is 33.1 Å². The van der Waals surface area contributed by atoms with Gasteiger partial charge in [0.05, 0.1) is 12.1 Å². The number of hydrogen-bond donors (Lipinski definition) is 1. The van der Waals surface area contributed by atoms with Crippen molar-refractivity contribution in [2.24, 2.45) is 0 Å². The van der Waals surface area contributed by atoms with E-state index in [4.69, 9.17) is 0 Å². The molecule has 1 aliphatic heterocycles. The molecule has 1 aliphatic carbocycles. The summed E-state index contributed by atoms with van der Waals surface area (Å²) < 4.78 is 0. The second-order valence-corrected chi connectivity index (χ2v) is 7.32. The zero-order chi connectivity index (χ0) is 17.7. The van der Waals surface area contributed by atoms with Crippen LogP contribution >= 0.6 is 0 Å². The summed E-state index contributed by atoms with van der Waals surface area (Å²) in [5.41, 5.74) is -0.670. The third-order valence-electron chi connectivity index (χ3n) is 5.75. The van der Waals surface area contributed by atoms with Crippen molar-refractivity contribution in [2.45, 2.75) is 76.4 Å². The highest BCUT2D eigenvalue weighted by Gasteiger charge is 2.36. The lowest BCUT2D eigenvalue weighted by Gasteiger charge is -2.40. The van der Waals surface area contributed by atoms with E-state index in [-0.39, 0.29) is 23.9 Å². The molecule has 2 fully saturated rings. The van der Waals surface area contributed by atoms with Crippen LogP contribution in [-0.2, 0) is 9.59 Å². The zero-order valence-corrected chi connectivity index (χ0v) is 15.2. The lowest BCUT2D eigenvalue weighted by atomic mass is 9.82. The van der Waals surface area contributed by atoms with Crippen molar-refractivity contribution in [1.82, 2.24) is 15.1 Å². The molecule has 0 aromatic heterocycles. The first-order valence-corrected chi connectivity index (χ1v) is 9.09. The van der Waals surface area contributed by atoms with Gasteiger partial charge < -0.3 is 10.2 Å². The van der Waals surface area contributed by atoms with Crippen LogP contribution in [0.2, 0.25) is 0 Å². The van der Waals surface area contributed by atoms with Crippen LogP contribution < -0.4 is 5.32 Å². The van der Waals surface area contributed by atoms with Crippen molar-refractivity contribution >= 4 is 11.8 Å². The Kier molecular flexibility index (Phi) is 6.22. The van der Waals surface area contributed by atoms with Crippen LogP contribution in [0.15, 0.2) is 0 Å². The largest absolute Gasteiger partial charge is 0.343 e. The van der Waals surface area contributed by atoms with Gasteiger partial charge in [0.2, 0.25) is 11.8 Å². The van der Waals surface area contributed by atoms with Crippen LogP contribution in [0.5, 0.6) is 0 Å². The molecule has 2 amide bonds. The maximum absolute atomic E-state index is 12.6. The van der Waals surface area contributed by atoms with E-state index in [1.165, 1.54) is 0 Å². The number of amides is 2. The second kappa shape index (κ2) is 7.98. The molecule has 1 saturated heterocycles. The average Bonchev–Trinajstić information content (AvgIpc) is 2.61. The quantitative estimate of drug-likeness (QED) is 0.848. The minimum Gasteiger partial charge on any atom is -0.343 e. The van der Waals surface area contributed by atoms with Gasteiger partial charge in [-0.15, -0.1) is 0 Å². The topological polar surface area (TPSA) is 76.4 Å². The molecule has 0 radical (unpaired) electrons. The van der Waals surface area contributed by atoms with Crippen molar-refractivity contribution in [2.75, 3.05) is 20.1 Å². The summed E-state index contributed by atoms with van der Waals surface area (Å²) in [5, 5.41) is 12.5. The Balaban J connectivity index is 1.88. The first-order chi connectivity index (χ1) is 11.4.